The van der Waals surface area contributed by atoms with Gasteiger partial charge in [0.05, 0.1) is 16.8 Å². The fourth-order valence-electron chi connectivity index (χ4n) is 3.09. The van der Waals surface area contributed by atoms with Crippen molar-refractivity contribution in [1.29, 1.82) is 0 Å². The second kappa shape index (κ2) is 5.15. The number of methoxy groups -OCH3 is 1. The van der Waals surface area contributed by atoms with E-state index in [0.717, 1.165) is 24.8 Å². The zero-order valence-corrected chi connectivity index (χ0v) is 12.4. The highest BCUT2D eigenvalue weighted by molar-refractivity contribution is 5.98. The van der Waals surface area contributed by atoms with Crippen molar-refractivity contribution < 1.29 is 9.13 Å². The van der Waals surface area contributed by atoms with Crippen molar-refractivity contribution in [2.24, 2.45) is 0 Å². The van der Waals surface area contributed by atoms with Crippen LogP contribution in [0.1, 0.15) is 19.8 Å². The maximum absolute atomic E-state index is 14.5. The van der Waals surface area contributed by atoms with Gasteiger partial charge in [-0.15, -0.1) is 0 Å². The molecule has 0 spiro atoms. The summed E-state index contributed by atoms with van der Waals surface area (Å²) in [5, 5.41) is 0.790. The number of piperidine rings is 1. The second-order valence-electron chi connectivity index (χ2n) is 5.87. The van der Waals surface area contributed by atoms with Gasteiger partial charge in [-0.2, -0.15) is 0 Å². The van der Waals surface area contributed by atoms with Gasteiger partial charge in [-0.1, -0.05) is 0 Å². The van der Waals surface area contributed by atoms with Gasteiger partial charge in [0.25, 0.3) is 0 Å². The zero-order valence-electron chi connectivity index (χ0n) is 12.4. The molecule has 1 aliphatic heterocycles. The van der Waals surface area contributed by atoms with Crippen LogP contribution >= 0.6 is 0 Å². The Morgan fingerprint density at radius 3 is 3.05 bits per heavy atom. The van der Waals surface area contributed by atoms with Gasteiger partial charge in [0.2, 0.25) is 0 Å². The Morgan fingerprint density at radius 2 is 2.29 bits per heavy atom. The number of pyridine rings is 1. The van der Waals surface area contributed by atoms with Crippen LogP contribution in [-0.4, -0.2) is 30.8 Å². The van der Waals surface area contributed by atoms with Crippen LogP contribution in [0.25, 0.3) is 10.9 Å². The summed E-state index contributed by atoms with van der Waals surface area (Å²) >= 11 is 0. The molecular formula is C16H20FN3O. The van der Waals surface area contributed by atoms with Crippen LogP contribution in [0, 0.1) is 5.82 Å². The van der Waals surface area contributed by atoms with E-state index in [9.17, 15) is 4.39 Å². The number of ether oxygens (including phenoxy) is 1. The van der Waals surface area contributed by atoms with E-state index in [2.05, 4.69) is 11.9 Å². The highest BCUT2D eigenvalue weighted by atomic mass is 19.1. The molecule has 4 nitrogen and oxygen atoms in total. The monoisotopic (exact) mass is 289 g/mol. The van der Waals surface area contributed by atoms with E-state index in [0.29, 0.717) is 23.4 Å². The highest BCUT2D eigenvalue weighted by Crippen LogP contribution is 2.36. The standard InChI is InChI=1S/C16H20FN3O/c1-16(21-2)6-4-8-20(10-16)15-12(17)9-13(18)11-5-3-7-19-14(11)15/h3,5,7,9H,4,6,8,10,18H2,1-2H3. The molecule has 3 rings (SSSR count). The van der Waals surface area contributed by atoms with Crippen molar-refractivity contribution in [2.45, 2.75) is 25.4 Å². The van der Waals surface area contributed by atoms with Crippen molar-refractivity contribution in [3.63, 3.8) is 0 Å². The summed E-state index contributed by atoms with van der Waals surface area (Å²) in [5.41, 5.74) is 7.23. The van der Waals surface area contributed by atoms with Crippen molar-refractivity contribution in [3.8, 4) is 0 Å². The number of benzene rings is 1. The van der Waals surface area contributed by atoms with Gasteiger partial charge in [-0.25, -0.2) is 4.39 Å². The number of hydrogen-bond acceptors (Lipinski definition) is 4. The highest BCUT2D eigenvalue weighted by Gasteiger charge is 2.33. The number of nitrogens with zero attached hydrogens (tertiary/aromatic N) is 2. The zero-order chi connectivity index (χ0) is 15.0. The number of nitrogen functional groups attached to an aromatic ring is 1. The Morgan fingerprint density at radius 1 is 1.48 bits per heavy atom. The average Bonchev–Trinajstić information content (AvgIpc) is 2.47. The topological polar surface area (TPSA) is 51.4 Å². The first-order chi connectivity index (χ1) is 10.0. The van der Waals surface area contributed by atoms with E-state index in [4.69, 9.17) is 10.5 Å². The van der Waals surface area contributed by atoms with E-state index in [1.165, 1.54) is 6.07 Å². The Kier molecular flexibility index (Phi) is 3.45. The van der Waals surface area contributed by atoms with Crippen LogP contribution in [0.15, 0.2) is 24.4 Å². The van der Waals surface area contributed by atoms with E-state index in [1.807, 2.05) is 17.0 Å². The number of nitrogens with two attached hydrogens (primary N) is 1. The molecule has 1 aromatic carbocycles. The van der Waals surface area contributed by atoms with Crippen molar-refractivity contribution >= 4 is 22.3 Å². The van der Waals surface area contributed by atoms with Crippen LogP contribution in [0.2, 0.25) is 0 Å². The Labute approximate surface area is 123 Å². The Hall–Kier alpha value is -1.88. The first-order valence-electron chi connectivity index (χ1n) is 7.17. The summed E-state index contributed by atoms with van der Waals surface area (Å²) in [6.45, 7) is 3.51. The molecule has 0 amide bonds. The maximum Gasteiger partial charge on any atom is 0.150 e. The lowest BCUT2D eigenvalue weighted by molar-refractivity contribution is -0.00471. The number of hydrogen-bond donors (Lipinski definition) is 1. The van der Waals surface area contributed by atoms with Crippen molar-refractivity contribution in [1.82, 2.24) is 4.98 Å². The molecule has 0 radical (unpaired) electrons. The lowest BCUT2D eigenvalue weighted by atomic mass is 9.94. The first-order valence-corrected chi connectivity index (χ1v) is 7.17. The van der Waals surface area contributed by atoms with Crippen LogP contribution in [-0.2, 0) is 4.74 Å². The van der Waals surface area contributed by atoms with Gasteiger partial charge < -0.3 is 15.4 Å². The molecule has 1 unspecified atom stereocenters. The van der Waals surface area contributed by atoms with Crippen LogP contribution < -0.4 is 10.6 Å². The molecule has 1 saturated heterocycles. The molecule has 2 aromatic rings. The number of rotatable bonds is 2. The van der Waals surface area contributed by atoms with Gasteiger partial charge in [-0.05, 0) is 38.0 Å². The van der Waals surface area contributed by atoms with Crippen molar-refractivity contribution in [3.05, 3.63) is 30.2 Å². The predicted octanol–water partition coefficient (Wildman–Crippen LogP) is 2.96. The van der Waals surface area contributed by atoms with Gasteiger partial charge in [0.15, 0.2) is 5.82 Å². The largest absolute Gasteiger partial charge is 0.398 e. The number of anilines is 2. The number of aromatic nitrogens is 1. The van der Waals surface area contributed by atoms with Gasteiger partial charge in [0.1, 0.15) is 0 Å². The molecule has 1 aromatic heterocycles. The minimum atomic E-state index is -0.320. The predicted molar refractivity (Wildman–Crippen MR) is 83.0 cm³/mol. The summed E-state index contributed by atoms with van der Waals surface area (Å²) in [5.74, 6) is -0.320. The van der Waals surface area contributed by atoms with E-state index >= 15 is 0 Å². The summed E-state index contributed by atoms with van der Waals surface area (Å²) in [6, 6.07) is 5.08. The van der Waals surface area contributed by atoms with Crippen molar-refractivity contribution in [2.75, 3.05) is 30.8 Å². The molecule has 1 aliphatic rings. The fourth-order valence-corrected chi connectivity index (χ4v) is 3.09. The van der Waals surface area contributed by atoms with E-state index < -0.39 is 0 Å². The third-order valence-electron chi connectivity index (χ3n) is 4.32. The second-order valence-corrected chi connectivity index (χ2v) is 5.87. The van der Waals surface area contributed by atoms with Crippen LogP contribution in [0.3, 0.4) is 0 Å². The summed E-state index contributed by atoms with van der Waals surface area (Å²) in [4.78, 5) is 6.37. The minimum Gasteiger partial charge on any atom is -0.398 e. The molecule has 2 N–H and O–H groups in total. The van der Waals surface area contributed by atoms with E-state index in [-0.39, 0.29) is 11.4 Å². The Balaban J connectivity index is 2.12. The quantitative estimate of drug-likeness (QED) is 0.864. The maximum atomic E-state index is 14.5. The third-order valence-corrected chi connectivity index (χ3v) is 4.32. The molecule has 1 fully saturated rings. The first kappa shape index (κ1) is 14.1. The Bertz CT molecular complexity index is 676. The van der Waals surface area contributed by atoms with Gasteiger partial charge >= 0.3 is 0 Å². The van der Waals surface area contributed by atoms with Gasteiger partial charge in [-0.3, -0.25) is 4.98 Å². The molecule has 2 heterocycles. The molecule has 0 bridgehead atoms. The molecule has 1 atom stereocenters. The number of fused-ring (bicyclic) bond motifs is 1. The smallest absolute Gasteiger partial charge is 0.150 e. The number of halogens is 1. The lowest BCUT2D eigenvalue weighted by Crippen LogP contribution is -2.47. The minimum absolute atomic E-state index is 0.257. The molecule has 5 heteroatoms. The molecule has 21 heavy (non-hydrogen) atoms. The molecular weight excluding hydrogens is 269 g/mol. The van der Waals surface area contributed by atoms with Crippen LogP contribution in [0.4, 0.5) is 15.8 Å². The summed E-state index contributed by atoms with van der Waals surface area (Å²) in [7, 11) is 1.71. The summed E-state index contributed by atoms with van der Waals surface area (Å²) in [6.07, 6.45) is 3.61. The molecule has 112 valence electrons. The third kappa shape index (κ3) is 2.42. The summed E-state index contributed by atoms with van der Waals surface area (Å²) < 4.78 is 20.1. The normalized spacial score (nSPS) is 22.7. The SMILES string of the molecule is COC1(C)CCCN(c2c(F)cc(N)c3cccnc23)C1. The van der Waals surface area contributed by atoms with E-state index in [1.54, 1.807) is 13.3 Å². The lowest BCUT2D eigenvalue weighted by Gasteiger charge is -2.41. The van der Waals surface area contributed by atoms with Crippen LogP contribution in [0.5, 0.6) is 0 Å². The fraction of sp³-hybridized carbons (Fsp3) is 0.438. The molecule has 0 saturated carbocycles. The van der Waals surface area contributed by atoms with Gasteiger partial charge in [0, 0.05) is 37.5 Å². The average molecular weight is 289 g/mol. The molecule has 0 aliphatic carbocycles.